The number of carbonyl (C=O) groups excluding carboxylic acids is 2. The number of nitro benzene ring substituents is 1. The molecule has 9 heteroatoms. The van der Waals surface area contributed by atoms with E-state index in [1.165, 1.54) is 13.2 Å². The maximum Gasteiger partial charge on any atom is 0.293 e. The number of nitro groups is 1. The molecule has 0 atom stereocenters. The summed E-state index contributed by atoms with van der Waals surface area (Å²) in [6.07, 6.45) is 1.99. The first kappa shape index (κ1) is 20.3. The van der Waals surface area contributed by atoms with Crippen LogP contribution in [0.2, 0.25) is 0 Å². The first-order chi connectivity index (χ1) is 14.0. The second-order valence-electron chi connectivity index (χ2n) is 6.67. The van der Waals surface area contributed by atoms with Crippen LogP contribution in [-0.4, -0.2) is 43.5 Å². The molecule has 2 aromatic rings. The minimum Gasteiger partial charge on any atom is -0.375 e. The lowest BCUT2D eigenvalue weighted by molar-refractivity contribution is -0.384. The van der Waals surface area contributed by atoms with Crippen LogP contribution in [0.4, 0.5) is 22.7 Å². The van der Waals surface area contributed by atoms with Crippen molar-refractivity contribution in [2.45, 2.75) is 12.8 Å². The van der Waals surface area contributed by atoms with Crippen molar-refractivity contribution >= 4 is 34.6 Å². The molecule has 0 aliphatic carbocycles. The summed E-state index contributed by atoms with van der Waals surface area (Å²) >= 11 is 0. The fourth-order valence-electron chi connectivity index (χ4n) is 3.24. The number of rotatable bonds is 7. The van der Waals surface area contributed by atoms with Crippen LogP contribution in [0.5, 0.6) is 0 Å². The van der Waals surface area contributed by atoms with Crippen molar-refractivity contribution in [1.82, 2.24) is 0 Å². The van der Waals surface area contributed by atoms with Crippen molar-refractivity contribution in [3.63, 3.8) is 0 Å². The number of benzene rings is 2. The number of methoxy groups -OCH3 is 1. The molecule has 152 valence electrons. The summed E-state index contributed by atoms with van der Waals surface area (Å²) in [5.74, 6) is -0.787. The fraction of sp³-hybridized carbons (Fsp3) is 0.300. The number of hydrogen-bond donors (Lipinski definition) is 2. The van der Waals surface area contributed by atoms with Gasteiger partial charge in [0.05, 0.1) is 4.92 Å². The molecule has 0 bridgehead atoms. The number of ether oxygens (including phenoxy) is 1. The average molecular weight is 398 g/mol. The first-order valence-corrected chi connectivity index (χ1v) is 9.21. The highest BCUT2D eigenvalue weighted by Gasteiger charge is 2.24. The van der Waals surface area contributed by atoms with Gasteiger partial charge in [-0.05, 0) is 43.2 Å². The van der Waals surface area contributed by atoms with E-state index in [1.54, 1.807) is 36.4 Å². The first-order valence-electron chi connectivity index (χ1n) is 9.21. The van der Waals surface area contributed by atoms with Gasteiger partial charge in [0.2, 0.25) is 5.91 Å². The molecule has 9 nitrogen and oxygen atoms in total. The van der Waals surface area contributed by atoms with Crippen LogP contribution in [0.15, 0.2) is 42.5 Å². The molecule has 0 aromatic heterocycles. The standard InChI is InChI=1S/C20H22N4O5/c1-29-13-19(25)21-15-5-4-6-16(12-15)22-20(26)14-7-8-17(18(11-14)24(27)28)23-9-2-3-10-23/h4-8,11-12H,2-3,9-10,13H2,1H3,(H,21,25)(H,22,26). The number of hydrogen-bond acceptors (Lipinski definition) is 6. The highest BCUT2D eigenvalue weighted by Crippen LogP contribution is 2.32. The quantitative estimate of drug-likeness (QED) is 0.547. The molecule has 2 N–H and O–H groups in total. The van der Waals surface area contributed by atoms with E-state index in [9.17, 15) is 19.7 Å². The Bertz CT molecular complexity index is 925. The lowest BCUT2D eigenvalue weighted by atomic mass is 10.1. The van der Waals surface area contributed by atoms with Gasteiger partial charge in [-0.2, -0.15) is 0 Å². The molecule has 1 aliphatic heterocycles. The van der Waals surface area contributed by atoms with E-state index in [1.807, 2.05) is 4.90 Å². The summed E-state index contributed by atoms with van der Waals surface area (Å²) in [6, 6.07) is 11.1. The van der Waals surface area contributed by atoms with Crippen molar-refractivity contribution < 1.29 is 19.2 Å². The van der Waals surface area contributed by atoms with Crippen LogP contribution in [0.3, 0.4) is 0 Å². The van der Waals surface area contributed by atoms with Gasteiger partial charge in [0.15, 0.2) is 0 Å². The molecule has 1 heterocycles. The molecule has 2 aromatic carbocycles. The number of nitrogens with zero attached hydrogens (tertiary/aromatic N) is 2. The summed E-state index contributed by atoms with van der Waals surface area (Å²) in [5, 5.41) is 16.9. The number of nitrogens with one attached hydrogen (secondary N) is 2. The third kappa shape index (κ3) is 5.08. The largest absolute Gasteiger partial charge is 0.375 e. The lowest BCUT2D eigenvalue weighted by Crippen LogP contribution is -2.20. The second kappa shape index (κ2) is 9.16. The van der Waals surface area contributed by atoms with Crippen LogP contribution >= 0.6 is 0 Å². The van der Waals surface area contributed by atoms with Gasteiger partial charge >= 0.3 is 0 Å². The Morgan fingerprint density at radius 1 is 1.10 bits per heavy atom. The highest BCUT2D eigenvalue weighted by atomic mass is 16.6. The van der Waals surface area contributed by atoms with Crippen molar-refractivity contribution in [3.8, 4) is 0 Å². The van der Waals surface area contributed by atoms with Crippen molar-refractivity contribution in [2.75, 3.05) is 42.3 Å². The molecular formula is C20H22N4O5. The van der Waals surface area contributed by atoms with Gasteiger partial charge in [0.1, 0.15) is 12.3 Å². The smallest absolute Gasteiger partial charge is 0.293 e. The fourth-order valence-corrected chi connectivity index (χ4v) is 3.24. The van der Waals surface area contributed by atoms with Crippen LogP contribution in [0, 0.1) is 10.1 Å². The van der Waals surface area contributed by atoms with Gasteiger partial charge < -0.3 is 20.3 Å². The predicted octanol–water partition coefficient (Wildman–Crippen LogP) is 3.03. The molecule has 0 unspecified atom stereocenters. The van der Waals surface area contributed by atoms with Gasteiger partial charge in [-0.3, -0.25) is 19.7 Å². The van der Waals surface area contributed by atoms with Gasteiger partial charge in [0.25, 0.3) is 11.6 Å². The topological polar surface area (TPSA) is 114 Å². The highest BCUT2D eigenvalue weighted by molar-refractivity contribution is 6.05. The Morgan fingerprint density at radius 2 is 1.79 bits per heavy atom. The average Bonchev–Trinajstić information content (AvgIpc) is 3.22. The summed E-state index contributed by atoms with van der Waals surface area (Å²) in [7, 11) is 1.42. The molecule has 1 fully saturated rings. The van der Waals surface area contributed by atoms with Gasteiger partial charge in [0, 0.05) is 43.2 Å². The molecule has 3 rings (SSSR count). The van der Waals surface area contributed by atoms with E-state index in [2.05, 4.69) is 10.6 Å². The van der Waals surface area contributed by atoms with Crippen LogP contribution in [-0.2, 0) is 9.53 Å². The maximum absolute atomic E-state index is 12.6. The third-order valence-corrected chi connectivity index (χ3v) is 4.56. The van der Waals surface area contributed by atoms with Gasteiger partial charge in [-0.1, -0.05) is 6.07 Å². The van der Waals surface area contributed by atoms with Crippen molar-refractivity contribution in [2.24, 2.45) is 0 Å². The van der Waals surface area contributed by atoms with E-state index in [0.29, 0.717) is 17.1 Å². The zero-order valence-electron chi connectivity index (χ0n) is 16.0. The van der Waals surface area contributed by atoms with Gasteiger partial charge in [-0.25, -0.2) is 0 Å². The number of anilines is 3. The Kier molecular flexibility index (Phi) is 6.40. The zero-order valence-corrected chi connectivity index (χ0v) is 16.0. The van der Waals surface area contributed by atoms with Crippen LogP contribution in [0.1, 0.15) is 23.2 Å². The molecule has 2 amide bonds. The monoisotopic (exact) mass is 398 g/mol. The van der Waals surface area contributed by atoms with E-state index in [4.69, 9.17) is 4.74 Å². The minimum atomic E-state index is -0.471. The van der Waals surface area contributed by atoms with E-state index < -0.39 is 10.8 Å². The molecule has 1 saturated heterocycles. The molecular weight excluding hydrogens is 376 g/mol. The van der Waals surface area contributed by atoms with E-state index >= 15 is 0 Å². The second-order valence-corrected chi connectivity index (χ2v) is 6.67. The van der Waals surface area contributed by atoms with Crippen LogP contribution < -0.4 is 15.5 Å². The summed E-state index contributed by atoms with van der Waals surface area (Å²) in [6.45, 7) is 1.46. The Hall–Kier alpha value is -3.46. The molecule has 0 spiro atoms. The molecule has 0 radical (unpaired) electrons. The molecule has 1 aliphatic rings. The number of carbonyl (C=O) groups is 2. The summed E-state index contributed by atoms with van der Waals surface area (Å²) in [5.41, 5.74) is 1.59. The predicted molar refractivity (Wildman–Crippen MR) is 109 cm³/mol. The zero-order chi connectivity index (χ0) is 20.8. The Balaban J connectivity index is 1.76. The van der Waals surface area contributed by atoms with Gasteiger partial charge in [-0.15, -0.1) is 0 Å². The van der Waals surface area contributed by atoms with E-state index in [0.717, 1.165) is 25.9 Å². The Labute approximate surface area is 167 Å². The summed E-state index contributed by atoms with van der Waals surface area (Å²) < 4.78 is 4.77. The normalized spacial score (nSPS) is 13.2. The van der Waals surface area contributed by atoms with Crippen molar-refractivity contribution in [1.29, 1.82) is 0 Å². The maximum atomic E-state index is 12.6. The SMILES string of the molecule is COCC(=O)Nc1cccc(NC(=O)c2ccc(N3CCCC3)c([N+](=O)[O-])c2)c1. The van der Waals surface area contributed by atoms with E-state index in [-0.39, 0.29) is 23.8 Å². The molecule has 29 heavy (non-hydrogen) atoms. The van der Waals surface area contributed by atoms with Crippen molar-refractivity contribution in [3.05, 3.63) is 58.1 Å². The third-order valence-electron chi connectivity index (χ3n) is 4.56. The summed E-state index contributed by atoms with van der Waals surface area (Å²) in [4.78, 5) is 37.2. The Morgan fingerprint density at radius 3 is 2.45 bits per heavy atom. The minimum absolute atomic E-state index is 0.0797. The number of amides is 2. The lowest BCUT2D eigenvalue weighted by Gasteiger charge is -2.17. The van der Waals surface area contributed by atoms with Crippen LogP contribution in [0.25, 0.3) is 0 Å². The molecule has 0 saturated carbocycles.